The Morgan fingerprint density at radius 3 is 1.07 bits per heavy atom. The molecule has 13 aromatic rings. The molecule has 76 heavy (non-hydrogen) atoms. The number of aromatic nitrogens is 6. The smallest absolute Gasteiger partial charge is 0.160 e. The minimum Gasteiger partial charge on any atom is -0.256 e. The fourth-order valence-corrected chi connectivity index (χ4v) is 11.8. The average Bonchev–Trinajstić information content (AvgIpc) is 3.65. The van der Waals surface area contributed by atoms with E-state index in [1.165, 1.54) is 33.4 Å². The largest absolute Gasteiger partial charge is 0.256 e. The Labute approximate surface area is 439 Å². The van der Waals surface area contributed by atoms with Gasteiger partial charge < -0.3 is 0 Å². The SMILES string of the molecule is c1ccc(-c2cc(-c3ccccc3-c3cnc4ccccc4c3)nc(-c3ccc4c(c3)C3c5ccccc5C4c4cc(-c5nc(-c6ccccc6)cc(-c6ccccc6-c6cnc7ccccc7c6)n5)ccc43)n2)cc1. The van der Waals surface area contributed by atoms with Gasteiger partial charge in [0.1, 0.15) is 0 Å². The van der Waals surface area contributed by atoms with Crippen LogP contribution in [0.15, 0.2) is 255 Å². The Morgan fingerprint density at radius 1 is 0.237 bits per heavy atom. The molecule has 0 N–H and O–H groups in total. The molecule has 6 heteroatoms. The van der Waals surface area contributed by atoms with E-state index in [1.54, 1.807) is 0 Å². The van der Waals surface area contributed by atoms with Gasteiger partial charge in [-0.1, -0.05) is 194 Å². The van der Waals surface area contributed by atoms with Gasteiger partial charge in [-0.25, -0.2) is 19.9 Å². The van der Waals surface area contributed by atoms with E-state index in [-0.39, 0.29) is 11.8 Å². The fraction of sp³-hybridized carbons (Fsp3) is 0.0286. The third kappa shape index (κ3) is 7.41. The van der Waals surface area contributed by atoms with Crippen molar-refractivity contribution in [2.24, 2.45) is 0 Å². The van der Waals surface area contributed by atoms with Crippen molar-refractivity contribution in [2.75, 3.05) is 0 Å². The maximum absolute atomic E-state index is 5.44. The van der Waals surface area contributed by atoms with Crippen LogP contribution in [0.2, 0.25) is 0 Å². The van der Waals surface area contributed by atoms with Gasteiger partial charge in [-0.3, -0.25) is 9.97 Å². The molecule has 2 unspecified atom stereocenters. The van der Waals surface area contributed by atoms with Gasteiger partial charge >= 0.3 is 0 Å². The number of pyridine rings is 2. The highest BCUT2D eigenvalue weighted by Crippen LogP contribution is 2.57. The Bertz CT molecular complexity index is 4150. The maximum atomic E-state index is 5.44. The molecule has 354 valence electrons. The van der Waals surface area contributed by atoms with Crippen LogP contribution in [0, 0.1) is 0 Å². The van der Waals surface area contributed by atoms with Crippen LogP contribution in [-0.2, 0) is 0 Å². The van der Waals surface area contributed by atoms with Gasteiger partial charge in [-0.05, 0) is 93.0 Å². The summed E-state index contributed by atoms with van der Waals surface area (Å²) < 4.78 is 0. The number of fused-ring (bicyclic) bond motifs is 2. The van der Waals surface area contributed by atoms with Crippen LogP contribution in [0.5, 0.6) is 0 Å². The zero-order valence-corrected chi connectivity index (χ0v) is 41.1. The van der Waals surface area contributed by atoms with Crippen molar-refractivity contribution < 1.29 is 0 Å². The van der Waals surface area contributed by atoms with E-state index in [1.807, 2.05) is 36.7 Å². The normalized spacial score (nSPS) is 14.1. The molecule has 9 aromatic carbocycles. The first kappa shape index (κ1) is 43.5. The van der Waals surface area contributed by atoms with Crippen LogP contribution in [0.25, 0.3) is 112 Å². The number of hydrogen-bond acceptors (Lipinski definition) is 6. The second-order valence-corrected chi connectivity index (χ2v) is 19.8. The van der Waals surface area contributed by atoms with Crippen molar-refractivity contribution in [3.63, 3.8) is 0 Å². The monoisotopic (exact) mass is 968 g/mol. The van der Waals surface area contributed by atoms with E-state index in [0.717, 1.165) is 100 Å². The number of rotatable bonds is 8. The van der Waals surface area contributed by atoms with Crippen LogP contribution < -0.4 is 0 Å². The minimum absolute atomic E-state index is 0.00711. The first-order valence-electron chi connectivity index (χ1n) is 25.8. The lowest BCUT2D eigenvalue weighted by Crippen LogP contribution is -2.27. The lowest BCUT2D eigenvalue weighted by molar-refractivity contribution is 0.754. The topological polar surface area (TPSA) is 77.3 Å². The van der Waals surface area contributed by atoms with E-state index < -0.39 is 0 Å². The maximum Gasteiger partial charge on any atom is 0.160 e. The van der Waals surface area contributed by atoms with Gasteiger partial charge in [0.05, 0.1) is 33.8 Å². The van der Waals surface area contributed by atoms with Crippen molar-refractivity contribution in [2.45, 2.75) is 11.8 Å². The lowest BCUT2D eigenvalue weighted by Gasteiger charge is -2.42. The first-order valence-corrected chi connectivity index (χ1v) is 25.8. The molecule has 2 bridgehead atoms. The predicted molar refractivity (Wildman–Crippen MR) is 306 cm³/mol. The molecule has 4 aromatic heterocycles. The minimum atomic E-state index is 0.00711. The van der Waals surface area contributed by atoms with E-state index in [0.29, 0.717) is 11.6 Å². The highest BCUT2D eigenvalue weighted by atomic mass is 14.9. The molecule has 0 saturated heterocycles. The second kappa shape index (κ2) is 17.9. The van der Waals surface area contributed by atoms with Crippen LogP contribution in [-0.4, -0.2) is 29.9 Å². The summed E-state index contributed by atoms with van der Waals surface area (Å²) >= 11 is 0. The van der Waals surface area contributed by atoms with Gasteiger partial charge in [0, 0.05) is 79.5 Å². The molecule has 2 atom stereocenters. The number of benzene rings is 9. The molecule has 0 aliphatic heterocycles. The Morgan fingerprint density at radius 2 is 0.605 bits per heavy atom. The summed E-state index contributed by atoms with van der Waals surface area (Å²) in [4.78, 5) is 31.2. The summed E-state index contributed by atoms with van der Waals surface area (Å²) in [5.41, 5.74) is 23.5. The zero-order valence-electron chi connectivity index (χ0n) is 41.1. The molecule has 6 nitrogen and oxygen atoms in total. The van der Waals surface area contributed by atoms with Crippen LogP contribution >= 0.6 is 0 Å². The van der Waals surface area contributed by atoms with Crippen LogP contribution in [0.4, 0.5) is 0 Å². The van der Waals surface area contributed by atoms with Gasteiger partial charge in [0.25, 0.3) is 0 Å². The average molecular weight is 969 g/mol. The van der Waals surface area contributed by atoms with Crippen LogP contribution in [0.1, 0.15) is 45.2 Å². The quantitative estimate of drug-likeness (QED) is 0.151. The van der Waals surface area contributed by atoms with Gasteiger partial charge in [0.2, 0.25) is 0 Å². The number of hydrogen-bond donors (Lipinski definition) is 0. The van der Waals surface area contributed by atoms with Crippen molar-refractivity contribution in [1.82, 2.24) is 29.9 Å². The fourth-order valence-electron chi connectivity index (χ4n) is 11.8. The molecule has 4 heterocycles. The van der Waals surface area contributed by atoms with Gasteiger partial charge in [-0.15, -0.1) is 0 Å². The van der Waals surface area contributed by atoms with Gasteiger partial charge in [-0.2, -0.15) is 0 Å². The molecule has 0 saturated carbocycles. The summed E-state index contributed by atoms with van der Waals surface area (Å²) in [5.74, 6) is 1.38. The first-order chi connectivity index (χ1) is 37.6. The molecule has 16 rings (SSSR count). The molecule has 0 fully saturated rings. The summed E-state index contributed by atoms with van der Waals surface area (Å²) in [7, 11) is 0. The predicted octanol–water partition coefficient (Wildman–Crippen LogP) is 16.7. The Balaban J connectivity index is 0.850. The second-order valence-electron chi connectivity index (χ2n) is 19.8. The molecular formula is C70H44N6. The third-order valence-corrected chi connectivity index (χ3v) is 15.4. The Hall–Kier alpha value is -10.0. The summed E-state index contributed by atoms with van der Waals surface area (Å²) in [6, 6.07) is 85.8. The van der Waals surface area contributed by atoms with Crippen molar-refractivity contribution in [3.8, 4) is 90.1 Å². The van der Waals surface area contributed by atoms with E-state index in [4.69, 9.17) is 29.9 Å². The molecule has 0 spiro atoms. The number of nitrogens with zero attached hydrogens (tertiary/aromatic N) is 6. The van der Waals surface area contributed by atoms with E-state index >= 15 is 0 Å². The lowest BCUT2D eigenvalue weighted by atomic mass is 9.61. The standard InChI is InChI=1S/C70H44N6/c1-3-17-43(18-4-1)63-39-65(53-25-11-9-23-51(53)49-35-45-21-7-15-29-61(45)71-41-49)75-69(73-63)47-31-33-57-59(37-47)67-55-27-13-14-28-56(55)68(57)60-38-48(32-34-58(60)67)70-74-64(44-19-5-2-6-20-44)40-66(76-70)54-26-12-10-24-52(54)50-36-46-22-8-16-30-62(46)72-42-50/h1-42,67-68H. The summed E-state index contributed by atoms with van der Waals surface area (Å²) in [5, 5.41) is 2.19. The molecule has 0 radical (unpaired) electrons. The van der Waals surface area contributed by atoms with E-state index in [9.17, 15) is 0 Å². The van der Waals surface area contributed by atoms with Crippen molar-refractivity contribution >= 4 is 21.8 Å². The molecular weight excluding hydrogens is 925 g/mol. The zero-order chi connectivity index (χ0) is 50.1. The number of para-hydroxylation sites is 2. The van der Waals surface area contributed by atoms with Crippen molar-refractivity contribution in [1.29, 1.82) is 0 Å². The molecule has 3 aliphatic carbocycles. The summed E-state index contributed by atoms with van der Waals surface area (Å²) in [6.45, 7) is 0. The highest BCUT2D eigenvalue weighted by molar-refractivity contribution is 5.91. The highest BCUT2D eigenvalue weighted by Gasteiger charge is 2.41. The summed E-state index contributed by atoms with van der Waals surface area (Å²) in [6.07, 6.45) is 3.94. The third-order valence-electron chi connectivity index (χ3n) is 15.4. The van der Waals surface area contributed by atoms with Crippen molar-refractivity contribution in [3.05, 3.63) is 288 Å². The van der Waals surface area contributed by atoms with Crippen LogP contribution in [0.3, 0.4) is 0 Å². The van der Waals surface area contributed by atoms with Gasteiger partial charge in [0.15, 0.2) is 11.6 Å². The Kier molecular flexibility index (Phi) is 10.2. The molecule has 3 aliphatic rings. The molecule has 0 amide bonds. The van der Waals surface area contributed by atoms with E-state index in [2.05, 4.69) is 218 Å².